The predicted molar refractivity (Wildman–Crippen MR) is 105 cm³/mol. The molecule has 0 aliphatic heterocycles. The lowest BCUT2D eigenvalue weighted by atomic mass is 10.0. The third-order valence-corrected chi connectivity index (χ3v) is 6.62. The van der Waals surface area contributed by atoms with Crippen LogP contribution >= 0.6 is 22.6 Å². The molecule has 0 fully saturated rings. The van der Waals surface area contributed by atoms with Crippen molar-refractivity contribution in [2.24, 2.45) is 0 Å². The van der Waals surface area contributed by atoms with Gasteiger partial charge in [0.05, 0.1) is 11.0 Å². The van der Waals surface area contributed by atoms with Gasteiger partial charge in [-0.2, -0.15) is 8.42 Å². The normalized spacial score (nSPS) is 14.6. The van der Waals surface area contributed by atoms with Gasteiger partial charge in [0, 0.05) is 3.92 Å². The van der Waals surface area contributed by atoms with E-state index in [9.17, 15) is 8.42 Å². The van der Waals surface area contributed by atoms with Gasteiger partial charge in [-0.1, -0.05) is 93.2 Å². The van der Waals surface area contributed by atoms with Gasteiger partial charge in [-0.05, 0) is 25.0 Å². The van der Waals surface area contributed by atoms with Crippen LogP contribution in [0, 0.1) is 0 Å². The summed E-state index contributed by atoms with van der Waals surface area (Å²) in [6.07, 6.45) is 8.62. The second kappa shape index (κ2) is 11.4. The van der Waals surface area contributed by atoms with Crippen LogP contribution in [0.1, 0.15) is 65.2 Å². The van der Waals surface area contributed by atoms with Gasteiger partial charge >= 0.3 is 0 Å². The summed E-state index contributed by atoms with van der Waals surface area (Å²) in [5.41, 5.74) is 0. The van der Waals surface area contributed by atoms with Crippen molar-refractivity contribution in [1.82, 2.24) is 0 Å². The molecule has 0 radical (unpaired) electrons. The molecule has 1 aromatic carbocycles. The summed E-state index contributed by atoms with van der Waals surface area (Å²) >= 11 is 2.36. The van der Waals surface area contributed by atoms with Crippen LogP contribution in [0.2, 0.25) is 0 Å². The SMILES string of the molecule is CCCCCCCC(I)C(CCC)OS(=O)(=O)c1ccccc1. The molecule has 0 aliphatic rings. The number of alkyl halides is 1. The maximum absolute atomic E-state index is 12.4. The Labute approximate surface area is 155 Å². The quantitative estimate of drug-likeness (QED) is 0.176. The van der Waals surface area contributed by atoms with Crippen LogP contribution in [0.25, 0.3) is 0 Å². The summed E-state index contributed by atoms with van der Waals surface area (Å²) in [6, 6.07) is 8.43. The number of hydrogen-bond acceptors (Lipinski definition) is 3. The number of hydrogen-bond donors (Lipinski definition) is 0. The standard InChI is InChI=1S/C18H29IO3S/c1-3-5-6-7-11-15-17(19)18(12-4-2)22-23(20,21)16-13-9-8-10-14-16/h8-10,13-14,17-18H,3-7,11-12,15H2,1-2H3. The molecule has 2 unspecified atom stereocenters. The Kier molecular flexibility index (Phi) is 10.4. The topological polar surface area (TPSA) is 43.4 Å². The minimum Gasteiger partial charge on any atom is -0.262 e. The van der Waals surface area contributed by atoms with E-state index in [0.29, 0.717) is 0 Å². The first kappa shape index (κ1) is 20.9. The molecule has 1 rings (SSSR count). The minimum absolute atomic E-state index is 0.229. The van der Waals surface area contributed by atoms with E-state index in [2.05, 4.69) is 36.4 Å². The van der Waals surface area contributed by atoms with E-state index in [1.54, 1.807) is 30.3 Å². The van der Waals surface area contributed by atoms with Crippen LogP contribution in [0.3, 0.4) is 0 Å². The Balaban J connectivity index is 2.60. The van der Waals surface area contributed by atoms with Crippen LogP contribution in [-0.4, -0.2) is 18.4 Å². The summed E-state index contributed by atoms with van der Waals surface area (Å²) in [5.74, 6) is 0. The van der Waals surface area contributed by atoms with E-state index < -0.39 is 10.1 Å². The first-order valence-corrected chi connectivity index (χ1v) is 11.3. The fourth-order valence-corrected chi connectivity index (χ4v) is 4.81. The number of halogens is 1. The van der Waals surface area contributed by atoms with Crippen molar-refractivity contribution in [3.63, 3.8) is 0 Å². The second-order valence-corrected chi connectivity index (χ2v) is 9.08. The average Bonchev–Trinajstić information content (AvgIpc) is 2.55. The fraction of sp³-hybridized carbons (Fsp3) is 0.667. The zero-order chi connectivity index (χ0) is 17.1. The molecule has 0 bridgehead atoms. The molecule has 0 N–H and O–H groups in total. The molecule has 0 aliphatic carbocycles. The van der Waals surface area contributed by atoms with Crippen LogP contribution in [0.15, 0.2) is 35.2 Å². The van der Waals surface area contributed by atoms with Crippen LogP contribution < -0.4 is 0 Å². The average molecular weight is 452 g/mol. The van der Waals surface area contributed by atoms with Gasteiger partial charge in [0.15, 0.2) is 0 Å². The van der Waals surface area contributed by atoms with Crippen molar-refractivity contribution < 1.29 is 12.6 Å². The van der Waals surface area contributed by atoms with Gasteiger partial charge in [-0.3, -0.25) is 4.18 Å². The molecule has 0 spiro atoms. The molecule has 5 heteroatoms. The maximum Gasteiger partial charge on any atom is 0.297 e. The van der Waals surface area contributed by atoms with Gasteiger partial charge in [0.1, 0.15) is 0 Å². The van der Waals surface area contributed by atoms with E-state index in [4.69, 9.17) is 4.18 Å². The fourth-order valence-electron chi connectivity index (χ4n) is 2.51. The Morgan fingerprint density at radius 2 is 1.61 bits per heavy atom. The number of benzene rings is 1. The molecular weight excluding hydrogens is 423 g/mol. The van der Waals surface area contributed by atoms with Crippen LogP contribution in [-0.2, 0) is 14.3 Å². The minimum atomic E-state index is -3.67. The highest BCUT2D eigenvalue weighted by Gasteiger charge is 2.26. The Hall–Kier alpha value is -0.140. The summed E-state index contributed by atoms with van der Waals surface area (Å²) in [7, 11) is -3.67. The molecule has 3 nitrogen and oxygen atoms in total. The zero-order valence-corrected chi connectivity index (χ0v) is 17.2. The smallest absolute Gasteiger partial charge is 0.262 e. The van der Waals surface area contributed by atoms with Crippen LogP contribution in [0.5, 0.6) is 0 Å². The highest BCUT2D eigenvalue weighted by atomic mass is 127. The van der Waals surface area contributed by atoms with E-state index in [1.807, 2.05) is 0 Å². The molecular formula is C18H29IO3S. The van der Waals surface area contributed by atoms with Crippen molar-refractivity contribution in [3.8, 4) is 0 Å². The van der Waals surface area contributed by atoms with Gasteiger partial charge in [-0.25, -0.2) is 0 Å². The maximum atomic E-state index is 12.4. The second-order valence-electron chi connectivity index (χ2n) is 5.91. The van der Waals surface area contributed by atoms with E-state index in [1.165, 1.54) is 25.7 Å². The predicted octanol–water partition coefficient (Wildman–Crippen LogP) is 5.72. The third kappa shape index (κ3) is 7.98. The lowest BCUT2D eigenvalue weighted by molar-refractivity contribution is 0.194. The Morgan fingerprint density at radius 1 is 0.957 bits per heavy atom. The first-order chi connectivity index (χ1) is 11.0. The number of rotatable bonds is 12. The Morgan fingerprint density at radius 3 is 2.22 bits per heavy atom. The Bertz CT molecular complexity index is 516. The van der Waals surface area contributed by atoms with Crippen molar-refractivity contribution in [2.75, 3.05) is 0 Å². The molecule has 0 amide bonds. The molecule has 0 aromatic heterocycles. The number of unbranched alkanes of at least 4 members (excludes halogenated alkanes) is 4. The van der Waals surface area contributed by atoms with Gasteiger partial charge < -0.3 is 0 Å². The summed E-state index contributed by atoms with van der Waals surface area (Å²) < 4.78 is 30.6. The van der Waals surface area contributed by atoms with Crippen molar-refractivity contribution in [1.29, 1.82) is 0 Å². The summed E-state index contributed by atoms with van der Waals surface area (Å²) in [6.45, 7) is 4.27. The molecule has 2 atom stereocenters. The lowest BCUT2D eigenvalue weighted by Gasteiger charge is -2.22. The molecule has 132 valence electrons. The third-order valence-electron chi connectivity index (χ3n) is 3.84. The summed E-state index contributed by atoms with van der Waals surface area (Å²) in [4.78, 5) is 0.243. The van der Waals surface area contributed by atoms with Gasteiger partial charge in [-0.15, -0.1) is 0 Å². The van der Waals surface area contributed by atoms with Crippen molar-refractivity contribution >= 4 is 32.7 Å². The van der Waals surface area contributed by atoms with Crippen molar-refractivity contribution in [2.45, 2.75) is 80.1 Å². The van der Waals surface area contributed by atoms with Crippen LogP contribution in [0.4, 0.5) is 0 Å². The molecule has 0 heterocycles. The highest BCUT2D eigenvalue weighted by Crippen LogP contribution is 2.25. The highest BCUT2D eigenvalue weighted by molar-refractivity contribution is 14.1. The lowest BCUT2D eigenvalue weighted by Crippen LogP contribution is -2.27. The first-order valence-electron chi connectivity index (χ1n) is 8.63. The molecule has 0 saturated heterocycles. The van der Waals surface area contributed by atoms with Crippen molar-refractivity contribution in [3.05, 3.63) is 30.3 Å². The van der Waals surface area contributed by atoms with Gasteiger partial charge in [0.25, 0.3) is 10.1 Å². The van der Waals surface area contributed by atoms with E-state index in [0.717, 1.165) is 25.7 Å². The van der Waals surface area contributed by atoms with E-state index >= 15 is 0 Å². The monoisotopic (exact) mass is 452 g/mol. The zero-order valence-electron chi connectivity index (χ0n) is 14.2. The summed E-state index contributed by atoms with van der Waals surface area (Å²) in [5, 5.41) is 0. The molecule has 0 saturated carbocycles. The molecule has 23 heavy (non-hydrogen) atoms. The van der Waals surface area contributed by atoms with E-state index in [-0.39, 0.29) is 14.9 Å². The largest absolute Gasteiger partial charge is 0.297 e. The van der Waals surface area contributed by atoms with Gasteiger partial charge in [0.2, 0.25) is 0 Å². The molecule has 1 aromatic rings.